The van der Waals surface area contributed by atoms with Gasteiger partial charge < -0.3 is 5.73 Å². The zero-order chi connectivity index (χ0) is 10.3. The molecule has 0 unspecified atom stereocenters. The number of nitrogens with two attached hydrogens (primary N) is 1. The summed E-state index contributed by atoms with van der Waals surface area (Å²) in [5.74, 6) is 0. The molecule has 0 aliphatic heterocycles. The second-order valence-corrected chi connectivity index (χ2v) is 3.35. The molecule has 0 saturated heterocycles. The van der Waals surface area contributed by atoms with Crippen LogP contribution in [0.15, 0.2) is 30.5 Å². The first-order valence-corrected chi connectivity index (χ1v) is 4.58. The zero-order valence-corrected chi connectivity index (χ0v) is 7.86. The van der Waals surface area contributed by atoms with Gasteiger partial charge in [-0.1, -0.05) is 0 Å². The molecule has 5 nitrogen and oxygen atoms in total. The molecule has 0 amide bonds. The summed E-state index contributed by atoms with van der Waals surface area (Å²) < 4.78 is 0. The lowest BCUT2D eigenvalue weighted by Crippen LogP contribution is -1.83. The third-order valence-electron chi connectivity index (χ3n) is 2.34. The lowest BCUT2D eigenvalue weighted by atomic mass is 10.1. The van der Waals surface area contributed by atoms with Crippen LogP contribution in [0, 0.1) is 0 Å². The summed E-state index contributed by atoms with van der Waals surface area (Å²) in [7, 11) is 0. The quantitative estimate of drug-likeness (QED) is 0.520. The van der Waals surface area contributed by atoms with Crippen LogP contribution >= 0.6 is 0 Å². The van der Waals surface area contributed by atoms with Gasteiger partial charge in [-0.05, 0) is 24.3 Å². The largest absolute Gasteiger partial charge is 0.399 e. The highest BCUT2D eigenvalue weighted by atomic mass is 15.2. The highest BCUT2D eigenvalue weighted by Gasteiger charge is 2.08. The van der Waals surface area contributed by atoms with Crippen LogP contribution in [0.1, 0.15) is 0 Å². The lowest BCUT2D eigenvalue weighted by molar-refractivity contribution is 1.07. The van der Waals surface area contributed by atoms with Gasteiger partial charge in [0.25, 0.3) is 0 Å². The Hall–Kier alpha value is -2.30. The molecule has 4 N–H and O–H groups in total. The first-order chi connectivity index (χ1) is 7.34. The Morgan fingerprint density at radius 3 is 2.87 bits per heavy atom. The van der Waals surface area contributed by atoms with Gasteiger partial charge in [0.15, 0.2) is 0 Å². The van der Waals surface area contributed by atoms with Crippen LogP contribution in [0.5, 0.6) is 0 Å². The Balaban J connectivity index is 2.29. The summed E-state index contributed by atoms with van der Waals surface area (Å²) in [5, 5.41) is 15.0. The van der Waals surface area contributed by atoms with Crippen LogP contribution in [0.4, 0.5) is 5.69 Å². The van der Waals surface area contributed by atoms with Crippen molar-refractivity contribution < 1.29 is 0 Å². The maximum Gasteiger partial charge on any atom is 0.118 e. The average molecular weight is 199 g/mol. The van der Waals surface area contributed by atoms with E-state index in [2.05, 4.69) is 20.4 Å². The maximum atomic E-state index is 5.68. The van der Waals surface area contributed by atoms with E-state index in [1.54, 1.807) is 6.20 Å². The standard InChI is InChI=1S/C10H9N5/c11-6-1-2-7-9(5-6)14-15-10(7)8-3-4-12-13-8/h1-5H,11H2,(H,12,13)(H,14,15). The van der Waals surface area contributed by atoms with Gasteiger partial charge in [0.2, 0.25) is 0 Å². The normalized spacial score (nSPS) is 10.9. The van der Waals surface area contributed by atoms with E-state index >= 15 is 0 Å². The summed E-state index contributed by atoms with van der Waals surface area (Å²) in [6.07, 6.45) is 1.70. The van der Waals surface area contributed by atoms with Crippen LogP contribution < -0.4 is 5.73 Å². The summed E-state index contributed by atoms with van der Waals surface area (Å²) in [6.45, 7) is 0. The van der Waals surface area contributed by atoms with Crippen molar-refractivity contribution in [1.82, 2.24) is 20.4 Å². The predicted molar refractivity (Wildman–Crippen MR) is 58.1 cm³/mol. The van der Waals surface area contributed by atoms with E-state index in [0.717, 1.165) is 28.0 Å². The number of aromatic amines is 2. The highest BCUT2D eigenvalue weighted by molar-refractivity contribution is 5.93. The second-order valence-electron chi connectivity index (χ2n) is 3.35. The first-order valence-electron chi connectivity index (χ1n) is 4.58. The minimum atomic E-state index is 0.724. The number of nitrogen functional groups attached to an aromatic ring is 1. The van der Waals surface area contributed by atoms with Gasteiger partial charge in [-0.2, -0.15) is 10.2 Å². The summed E-state index contributed by atoms with van der Waals surface area (Å²) in [6, 6.07) is 7.55. The number of anilines is 1. The van der Waals surface area contributed by atoms with E-state index in [4.69, 9.17) is 5.73 Å². The molecule has 3 aromatic rings. The minimum Gasteiger partial charge on any atom is -0.399 e. The smallest absolute Gasteiger partial charge is 0.118 e. The average Bonchev–Trinajstić information content (AvgIpc) is 2.82. The molecule has 2 aromatic heterocycles. The number of nitrogens with zero attached hydrogens (tertiary/aromatic N) is 2. The molecule has 1 aromatic carbocycles. The summed E-state index contributed by atoms with van der Waals surface area (Å²) >= 11 is 0. The topological polar surface area (TPSA) is 83.4 Å². The van der Waals surface area contributed by atoms with Gasteiger partial charge in [0, 0.05) is 17.3 Å². The monoisotopic (exact) mass is 199 g/mol. The lowest BCUT2D eigenvalue weighted by Gasteiger charge is -1.94. The molecule has 5 heteroatoms. The van der Waals surface area contributed by atoms with Crippen molar-refractivity contribution in [3.05, 3.63) is 30.5 Å². The van der Waals surface area contributed by atoms with Crippen LogP contribution in [0.25, 0.3) is 22.3 Å². The Labute approximate surface area is 85.3 Å². The van der Waals surface area contributed by atoms with Gasteiger partial charge in [0.05, 0.1) is 11.2 Å². The van der Waals surface area contributed by atoms with E-state index in [0.29, 0.717) is 0 Å². The zero-order valence-electron chi connectivity index (χ0n) is 7.86. The van der Waals surface area contributed by atoms with Gasteiger partial charge >= 0.3 is 0 Å². The van der Waals surface area contributed by atoms with E-state index in [9.17, 15) is 0 Å². The maximum absolute atomic E-state index is 5.68. The molecule has 0 aliphatic rings. The van der Waals surface area contributed by atoms with Crippen LogP contribution in [-0.4, -0.2) is 20.4 Å². The number of H-pyrrole nitrogens is 2. The van der Waals surface area contributed by atoms with E-state index in [1.165, 1.54) is 0 Å². The van der Waals surface area contributed by atoms with Crippen molar-refractivity contribution in [2.24, 2.45) is 0 Å². The van der Waals surface area contributed by atoms with Crippen molar-refractivity contribution in [2.75, 3.05) is 5.73 Å². The molecule has 2 heterocycles. The first kappa shape index (κ1) is 8.05. The Morgan fingerprint density at radius 2 is 2.07 bits per heavy atom. The number of fused-ring (bicyclic) bond motifs is 1. The molecule has 15 heavy (non-hydrogen) atoms. The molecule has 0 fully saturated rings. The molecule has 3 rings (SSSR count). The van der Waals surface area contributed by atoms with E-state index in [-0.39, 0.29) is 0 Å². The highest BCUT2D eigenvalue weighted by Crippen LogP contribution is 2.25. The molecule has 74 valence electrons. The molecule has 0 radical (unpaired) electrons. The van der Waals surface area contributed by atoms with Gasteiger partial charge in [-0.3, -0.25) is 10.2 Å². The van der Waals surface area contributed by atoms with E-state index in [1.807, 2.05) is 24.3 Å². The van der Waals surface area contributed by atoms with Crippen LogP contribution in [0.2, 0.25) is 0 Å². The second kappa shape index (κ2) is 2.84. The predicted octanol–water partition coefficient (Wildman–Crippen LogP) is 1.54. The molecule has 0 bridgehead atoms. The third kappa shape index (κ3) is 1.17. The molecule has 0 saturated carbocycles. The SMILES string of the molecule is Nc1ccc2c(-c3ccn[nH]3)n[nH]c2c1. The van der Waals surface area contributed by atoms with Gasteiger partial charge in [-0.25, -0.2) is 0 Å². The Bertz CT molecular complexity index is 593. The molecular weight excluding hydrogens is 190 g/mol. The summed E-state index contributed by atoms with van der Waals surface area (Å²) in [4.78, 5) is 0. The number of rotatable bonds is 1. The molecule has 0 spiro atoms. The summed E-state index contributed by atoms with van der Waals surface area (Å²) in [5.41, 5.74) is 9.10. The Kier molecular flexibility index (Phi) is 1.53. The van der Waals surface area contributed by atoms with Crippen LogP contribution in [-0.2, 0) is 0 Å². The molecule has 0 aliphatic carbocycles. The van der Waals surface area contributed by atoms with Crippen molar-refractivity contribution in [3.8, 4) is 11.4 Å². The number of aromatic nitrogens is 4. The van der Waals surface area contributed by atoms with Crippen LogP contribution in [0.3, 0.4) is 0 Å². The van der Waals surface area contributed by atoms with Crippen molar-refractivity contribution in [3.63, 3.8) is 0 Å². The number of hydrogen-bond donors (Lipinski definition) is 3. The van der Waals surface area contributed by atoms with Crippen molar-refractivity contribution in [2.45, 2.75) is 0 Å². The number of hydrogen-bond acceptors (Lipinski definition) is 3. The number of nitrogens with one attached hydrogen (secondary N) is 2. The van der Waals surface area contributed by atoms with Gasteiger partial charge in [-0.15, -0.1) is 0 Å². The van der Waals surface area contributed by atoms with E-state index < -0.39 is 0 Å². The third-order valence-corrected chi connectivity index (χ3v) is 2.34. The minimum absolute atomic E-state index is 0.724. The fraction of sp³-hybridized carbons (Fsp3) is 0. The molecule has 0 atom stereocenters. The number of benzene rings is 1. The van der Waals surface area contributed by atoms with Crippen molar-refractivity contribution in [1.29, 1.82) is 0 Å². The van der Waals surface area contributed by atoms with Crippen molar-refractivity contribution >= 4 is 16.6 Å². The van der Waals surface area contributed by atoms with Gasteiger partial charge in [0.1, 0.15) is 5.69 Å². The molecular formula is C10H9N5. The fourth-order valence-electron chi connectivity index (χ4n) is 1.63. The fourth-order valence-corrected chi connectivity index (χ4v) is 1.63. The Morgan fingerprint density at radius 1 is 1.13 bits per heavy atom.